The SMILES string of the molecule is CCOC(=O)C(CCc1ccccc1)OC(=O)SC. The first kappa shape index (κ1) is 15.6. The first-order valence-electron chi connectivity index (χ1n) is 6.12. The second kappa shape index (κ2) is 8.58. The quantitative estimate of drug-likeness (QED) is 0.751. The maximum absolute atomic E-state index is 11.7. The number of rotatable bonds is 6. The molecule has 1 aromatic rings. The minimum Gasteiger partial charge on any atom is -0.463 e. The molecule has 0 spiro atoms. The summed E-state index contributed by atoms with van der Waals surface area (Å²) < 4.78 is 10.00. The molecule has 0 saturated carbocycles. The van der Waals surface area contributed by atoms with Crippen LogP contribution in [0.25, 0.3) is 0 Å². The topological polar surface area (TPSA) is 52.6 Å². The third-order valence-corrected chi connectivity index (χ3v) is 2.92. The van der Waals surface area contributed by atoms with E-state index in [0.717, 1.165) is 17.3 Å². The van der Waals surface area contributed by atoms with Crippen LogP contribution in [0.2, 0.25) is 0 Å². The Morgan fingerprint density at radius 1 is 1.26 bits per heavy atom. The molecule has 0 aliphatic rings. The van der Waals surface area contributed by atoms with Crippen molar-refractivity contribution in [2.45, 2.75) is 25.9 Å². The Balaban J connectivity index is 2.58. The number of thioether (sulfide) groups is 1. The highest BCUT2D eigenvalue weighted by molar-refractivity contribution is 8.12. The van der Waals surface area contributed by atoms with Crippen molar-refractivity contribution in [3.8, 4) is 0 Å². The van der Waals surface area contributed by atoms with Crippen LogP contribution in [0.4, 0.5) is 4.79 Å². The van der Waals surface area contributed by atoms with E-state index in [4.69, 9.17) is 9.47 Å². The lowest BCUT2D eigenvalue weighted by atomic mass is 10.1. The molecular formula is C14H18O4S. The Labute approximate surface area is 117 Å². The van der Waals surface area contributed by atoms with Gasteiger partial charge in [-0.15, -0.1) is 0 Å². The molecule has 1 rings (SSSR count). The number of carbonyl (C=O) groups is 2. The Bertz CT molecular complexity index is 405. The molecule has 0 amide bonds. The van der Waals surface area contributed by atoms with Crippen molar-refractivity contribution in [1.29, 1.82) is 0 Å². The van der Waals surface area contributed by atoms with Crippen molar-refractivity contribution in [2.75, 3.05) is 12.9 Å². The predicted molar refractivity (Wildman–Crippen MR) is 75.2 cm³/mol. The summed E-state index contributed by atoms with van der Waals surface area (Å²) in [6, 6.07) is 9.74. The molecule has 19 heavy (non-hydrogen) atoms. The number of hydrogen-bond acceptors (Lipinski definition) is 5. The van der Waals surface area contributed by atoms with Crippen LogP contribution in [0.15, 0.2) is 30.3 Å². The van der Waals surface area contributed by atoms with E-state index in [2.05, 4.69) is 0 Å². The van der Waals surface area contributed by atoms with Gasteiger partial charge in [0.2, 0.25) is 0 Å². The van der Waals surface area contributed by atoms with Gasteiger partial charge in [-0.2, -0.15) is 0 Å². The van der Waals surface area contributed by atoms with Gasteiger partial charge in [0.05, 0.1) is 6.61 Å². The van der Waals surface area contributed by atoms with E-state index < -0.39 is 17.4 Å². The Morgan fingerprint density at radius 3 is 2.53 bits per heavy atom. The molecular weight excluding hydrogens is 264 g/mol. The summed E-state index contributed by atoms with van der Waals surface area (Å²) in [6.45, 7) is 2.00. The van der Waals surface area contributed by atoms with Crippen molar-refractivity contribution in [3.05, 3.63) is 35.9 Å². The van der Waals surface area contributed by atoms with Crippen LogP contribution in [0.3, 0.4) is 0 Å². The van der Waals surface area contributed by atoms with Gasteiger partial charge >= 0.3 is 11.3 Å². The second-order valence-corrected chi connectivity index (χ2v) is 4.58. The van der Waals surface area contributed by atoms with E-state index in [0.29, 0.717) is 12.8 Å². The Kier molecular flexibility index (Phi) is 7.03. The molecule has 1 unspecified atom stereocenters. The van der Waals surface area contributed by atoms with Gasteiger partial charge in [0.15, 0.2) is 6.10 Å². The molecule has 0 heterocycles. The number of ether oxygens (including phenoxy) is 2. The largest absolute Gasteiger partial charge is 0.463 e. The second-order valence-electron chi connectivity index (χ2n) is 3.84. The van der Waals surface area contributed by atoms with E-state index >= 15 is 0 Å². The van der Waals surface area contributed by atoms with Gasteiger partial charge in [-0.1, -0.05) is 30.3 Å². The summed E-state index contributed by atoms with van der Waals surface area (Å²) in [5, 5.41) is -0.467. The van der Waals surface area contributed by atoms with Crippen LogP contribution >= 0.6 is 11.8 Å². The highest BCUT2D eigenvalue weighted by atomic mass is 32.2. The first-order chi connectivity index (χ1) is 9.17. The van der Waals surface area contributed by atoms with Gasteiger partial charge in [0.25, 0.3) is 0 Å². The average molecular weight is 282 g/mol. The molecule has 104 valence electrons. The number of aryl methyl sites for hydroxylation is 1. The standard InChI is InChI=1S/C14H18O4S/c1-3-17-13(15)12(18-14(16)19-2)10-9-11-7-5-4-6-8-11/h4-8,12H,3,9-10H2,1-2H3. The third kappa shape index (κ3) is 5.79. The minimum atomic E-state index is -0.833. The molecule has 0 aliphatic carbocycles. The van der Waals surface area contributed by atoms with Crippen molar-refractivity contribution in [1.82, 2.24) is 0 Å². The summed E-state index contributed by atoms with van der Waals surface area (Å²) in [6.07, 6.45) is 1.86. The summed E-state index contributed by atoms with van der Waals surface area (Å²) >= 11 is 0.941. The normalized spacial score (nSPS) is 11.7. The maximum Gasteiger partial charge on any atom is 0.367 e. The number of esters is 1. The van der Waals surface area contributed by atoms with Crippen LogP contribution in [-0.2, 0) is 20.7 Å². The molecule has 0 aliphatic heterocycles. The molecule has 0 aromatic heterocycles. The van der Waals surface area contributed by atoms with Gasteiger partial charge in [0, 0.05) is 0 Å². The van der Waals surface area contributed by atoms with Crippen molar-refractivity contribution in [2.24, 2.45) is 0 Å². The number of benzene rings is 1. The third-order valence-electron chi connectivity index (χ3n) is 2.49. The van der Waals surface area contributed by atoms with E-state index in [1.807, 2.05) is 30.3 Å². The van der Waals surface area contributed by atoms with Gasteiger partial charge in [-0.05, 0) is 43.3 Å². The number of carbonyl (C=O) groups excluding carboxylic acids is 2. The zero-order chi connectivity index (χ0) is 14.1. The fourth-order valence-electron chi connectivity index (χ4n) is 1.57. The molecule has 4 nitrogen and oxygen atoms in total. The molecule has 1 aromatic carbocycles. The van der Waals surface area contributed by atoms with Gasteiger partial charge in [-0.25, -0.2) is 9.59 Å². The molecule has 5 heteroatoms. The zero-order valence-electron chi connectivity index (χ0n) is 11.1. The van der Waals surface area contributed by atoms with Crippen molar-refractivity contribution >= 4 is 23.0 Å². The van der Waals surface area contributed by atoms with E-state index in [1.54, 1.807) is 13.2 Å². The lowest BCUT2D eigenvalue weighted by Gasteiger charge is -2.15. The highest BCUT2D eigenvalue weighted by Crippen LogP contribution is 2.12. The van der Waals surface area contributed by atoms with Crippen LogP contribution < -0.4 is 0 Å². The van der Waals surface area contributed by atoms with E-state index in [9.17, 15) is 9.59 Å². The van der Waals surface area contributed by atoms with Crippen LogP contribution in [0.1, 0.15) is 18.9 Å². The monoisotopic (exact) mass is 282 g/mol. The molecule has 0 saturated heterocycles. The fourth-order valence-corrected chi connectivity index (χ4v) is 1.78. The molecule has 0 bridgehead atoms. The Morgan fingerprint density at radius 2 is 1.95 bits per heavy atom. The first-order valence-corrected chi connectivity index (χ1v) is 7.35. The van der Waals surface area contributed by atoms with E-state index in [-0.39, 0.29) is 6.61 Å². The van der Waals surface area contributed by atoms with Gasteiger partial charge < -0.3 is 9.47 Å². The van der Waals surface area contributed by atoms with Gasteiger partial charge in [0.1, 0.15) is 0 Å². The summed E-state index contributed by atoms with van der Waals surface area (Å²) in [7, 11) is 0. The fraction of sp³-hybridized carbons (Fsp3) is 0.429. The molecule has 0 N–H and O–H groups in total. The van der Waals surface area contributed by atoms with E-state index in [1.165, 1.54) is 0 Å². The predicted octanol–water partition coefficient (Wildman–Crippen LogP) is 3.05. The smallest absolute Gasteiger partial charge is 0.367 e. The summed E-state index contributed by atoms with van der Waals surface area (Å²) in [4.78, 5) is 23.0. The van der Waals surface area contributed by atoms with Gasteiger partial charge in [-0.3, -0.25) is 0 Å². The molecule has 0 fully saturated rings. The lowest BCUT2D eigenvalue weighted by Crippen LogP contribution is -2.28. The molecule has 1 atom stereocenters. The summed E-state index contributed by atoms with van der Waals surface area (Å²) in [5.74, 6) is -0.485. The van der Waals surface area contributed by atoms with Crippen LogP contribution in [-0.4, -0.2) is 30.2 Å². The average Bonchev–Trinajstić information content (AvgIpc) is 2.44. The van der Waals surface area contributed by atoms with Crippen LogP contribution in [0.5, 0.6) is 0 Å². The minimum absolute atomic E-state index is 0.275. The molecule has 0 radical (unpaired) electrons. The summed E-state index contributed by atoms with van der Waals surface area (Å²) in [5.41, 5.74) is 1.09. The lowest BCUT2D eigenvalue weighted by molar-refractivity contribution is -0.152. The zero-order valence-corrected chi connectivity index (χ0v) is 11.9. The van der Waals surface area contributed by atoms with Crippen molar-refractivity contribution in [3.63, 3.8) is 0 Å². The van der Waals surface area contributed by atoms with Crippen LogP contribution in [0, 0.1) is 0 Å². The van der Waals surface area contributed by atoms with Crippen molar-refractivity contribution < 1.29 is 19.1 Å². The maximum atomic E-state index is 11.7. The Hall–Kier alpha value is -1.49. The highest BCUT2D eigenvalue weighted by Gasteiger charge is 2.23. The number of hydrogen-bond donors (Lipinski definition) is 0.